The number of carbonyl (C=O) groups excluding carboxylic acids is 1. The molecule has 0 aromatic heterocycles. The average molecular weight is 275 g/mol. The second kappa shape index (κ2) is 6.86. The molecule has 1 unspecified atom stereocenters. The predicted octanol–water partition coefficient (Wildman–Crippen LogP) is 2.04. The largest absolute Gasteiger partial charge is 0.324 e. The van der Waals surface area contributed by atoms with Crippen LogP contribution in [0.1, 0.15) is 32.3 Å². The third-order valence-electron chi connectivity index (χ3n) is 3.92. The van der Waals surface area contributed by atoms with E-state index in [4.69, 9.17) is 0 Å². The summed E-state index contributed by atoms with van der Waals surface area (Å²) in [5.41, 5.74) is 2.13. The van der Waals surface area contributed by atoms with Crippen LogP contribution in [-0.2, 0) is 4.79 Å². The molecule has 1 aromatic carbocycles. The van der Waals surface area contributed by atoms with Crippen molar-refractivity contribution in [3.8, 4) is 0 Å². The van der Waals surface area contributed by atoms with E-state index in [1.165, 1.54) is 5.56 Å². The van der Waals surface area contributed by atoms with Crippen LogP contribution in [0.3, 0.4) is 0 Å². The maximum absolute atomic E-state index is 12.4. The highest BCUT2D eigenvalue weighted by molar-refractivity contribution is 5.95. The van der Waals surface area contributed by atoms with Crippen molar-refractivity contribution in [2.24, 2.45) is 0 Å². The Bertz CT molecular complexity index is 453. The van der Waals surface area contributed by atoms with Crippen LogP contribution in [0, 0.1) is 0 Å². The molecule has 1 saturated heterocycles. The van der Waals surface area contributed by atoms with Crippen molar-refractivity contribution in [3.05, 3.63) is 29.8 Å². The number of anilines is 1. The fraction of sp³-hybridized carbons (Fsp3) is 0.562. The van der Waals surface area contributed by atoms with Gasteiger partial charge in [-0.1, -0.05) is 32.0 Å². The monoisotopic (exact) mass is 275 g/mol. The lowest BCUT2D eigenvalue weighted by Gasteiger charge is -2.32. The molecule has 1 heterocycles. The number of hydrogen-bond donors (Lipinski definition) is 2. The van der Waals surface area contributed by atoms with Crippen LogP contribution in [0.5, 0.6) is 0 Å². The van der Waals surface area contributed by atoms with Crippen molar-refractivity contribution in [2.75, 3.05) is 31.5 Å². The van der Waals surface area contributed by atoms with E-state index in [2.05, 4.69) is 35.4 Å². The van der Waals surface area contributed by atoms with Gasteiger partial charge in [-0.05, 0) is 24.5 Å². The fourth-order valence-corrected chi connectivity index (χ4v) is 2.59. The number of amides is 1. The van der Waals surface area contributed by atoms with E-state index in [9.17, 15) is 4.79 Å². The van der Waals surface area contributed by atoms with Crippen molar-refractivity contribution >= 4 is 11.6 Å². The van der Waals surface area contributed by atoms with Gasteiger partial charge < -0.3 is 10.6 Å². The Morgan fingerprint density at radius 3 is 2.50 bits per heavy atom. The summed E-state index contributed by atoms with van der Waals surface area (Å²) in [5, 5.41) is 6.40. The molecule has 4 heteroatoms. The molecule has 1 fully saturated rings. The number of hydrogen-bond acceptors (Lipinski definition) is 3. The van der Waals surface area contributed by atoms with E-state index in [1.807, 2.05) is 25.1 Å². The molecule has 0 spiro atoms. The first-order chi connectivity index (χ1) is 9.59. The van der Waals surface area contributed by atoms with Crippen molar-refractivity contribution in [1.82, 2.24) is 10.2 Å². The van der Waals surface area contributed by atoms with E-state index in [-0.39, 0.29) is 11.9 Å². The van der Waals surface area contributed by atoms with Gasteiger partial charge in [0.05, 0.1) is 6.04 Å². The number of carbonyl (C=O) groups is 1. The summed E-state index contributed by atoms with van der Waals surface area (Å²) in [6.07, 6.45) is 0. The highest BCUT2D eigenvalue weighted by atomic mass is 16.2. The molecule has 1 aliphatic rings. The van der Waals surface area contributed by atoms with Crippen LogP contribution in [0.15, 0.2) is 24.3 Å². The van der Waals surface area contributed by atoms with Gasteiger partial charge in [-0.3, -0.25) is 9.69 Å². The molecule has 2 N–H and O–H groups in total. The lowest BCUT2D eigenvalue weighted by molar-refractivity contribution is -0.120. The first-order valence-corrected chi connectivity index (χ1v) is 7.44. The summed E-state index contributed by atoms with van der Waals surface area (Å²) < 4.78 is 0. The standard InChI is InChI=1S/C16H25N3O/c1-12(2)14-6-4-5-7-15(14)18-16(20)13(3)19-10-8-17-9-11-19/h4-7,12-13,17H,8-11H2,1-3H3,(H,18,20). The zero-order valence-corrected chi connectivity index (χ0v) is 12.6. The molecule has 0 bridgehead atoms. The molecule has 20 heavy (non-hydrogen) atoms. The first kappa shape index (κ1) is 15.0. The van der Waals surface area contributed by atoms with Gasteiger partial charge in [-0.2, -0.15) is 0 Å². The Balaban J connectivity index is 2.03. The third-order valence-corrected chi connectivity index (χ3v) is 3.92. The zero-order chi connectivity index (χ0) is 14.5. The van der Waals surface area contributed by atoms with Gasteiger partial charge in [0.1, 0.15) is 0 Å². The molecule has 1 aliphatic heterocycles. The lowest BCUT2D eigenvalue weighted by atomic mass is 10.0. The van der Waals surface area contributed by atoms with Gasteiger partial charge in [-0.15, -0.1) is 0 Å². The number of benzene rings is 1. The van der Waals surface area contributed by atoms with E-state index < -0.39 is 0 Å². The third kappa shape index (κ3) is 3.58. The molecule has 0 aliphatic carbocycles. The highest BCUT2D eigenvalue weighted by Crippen LogP contribution is 2.24. The van der Waals surface area contributed by atoms with E-state index in [0.717, 1.165) is 31.9 Å². The molecule has 1 atom stereocenters. The summed E-state index contributed by atoms with van der Waals surface area (Å²) >= 11 is 0. The SMILES string of the molecule is CC(C)c1ccccc1NC(=O)C(C)N1CCNCC1. The van der Waals surface area contributed by atoms with Crippen molar-refractivity contribution in [2.45, 2.75) is 32.7 Å². The fourth-order valence-electron chi connectivity index (χ4n) is 2.59. The predicted molar refractivity (Wildman–Crippen MR) is 83.1 cm³/mol. The summed E-state index contributed by atoms with van der Waals surface area (Å²) in [7, 11) is 0. The molecular formula is C16H25N3O. The Hall–Kier alpha value is -1.39. The molecule has 0 saturated carbocycles. The van der Waals surface area contributed by atoms with Crippen molar-refractivity contribution in [1.29, 1.82) is 0 Å². The first-order valence-electron chi connectivity index (χ1n) is 7.44. The van der Waals surface area contributed by atoms with Crippen molar-refractivity contribution in [3.63, 3.8) is 0 Å². The maximum Gasteiger partial charge on any atom is 0.241 e. The van der Waals surface area contributed by atoms with Gasteiger partial charge in [0.25, 0.3) is 0 Å². The molecule has 1 aromatic rings. The quantitative estimate of drug-likeness (QED) is 0.884. The normalized spacial score (nSPS) is 18.0. The second-order valence-electron chi connectivity index (χ2n) is 5.69. The van der Waals surface area contributed by atoms with Crippen LogP contribution in [0.4, 0.5) is 5.69 Å². The Labute approximate surface area is 121 Å². The zero-order valence-electron chi connectivity index (χ0n) is 12.6. The van der Waals surface area contributed by atoms with Crippen LogP contribution in [0.25, 0.3) is 0 Å². The Morgan fingerprint density at radius 1 is 1.20 bits per heavy atom. The minimum absolute atomic E-state index is 0.0833. The number of piperazine rings is 1. The second-order valence-corrected chi connectivity index (χ2v) is 5.69. The summed E-state index contributed by atoms with van der Waals surface area (Å²) in [6, 6.07) is 7.96. The minimum atomic E-state index is -0.0858. The molecule has 4 nitrogen and oxygen atoms in total. The topological polar surface area (TPSA) is 44.4 Å². The molecule has 2 rings (SSSR count). The number of nitrogens with zero attached hydrogens (tertiary/aromatic N) is 1. The molecule has 0 radical (unpaired) electrons. The number of para-hydroxylation sites is 1. The van der Waals surface area contributed by atoms with Crippen LogP contribution >= 0.6 is 0 Å². The maximum atomic E-state index is 12.4. The van der Waals surface area contributed by atoms with E-state index in [0.29, 0.717) is 5.92 Å². The minimum Gasteiger partial charge on any atom is -0.324 e. The van der Waals surface area contributed by atoms with E-state index >= 15 is 0 Å². The number of nitrogens with one attached hydrogen (secondary N) is 2. The Morgan fingerprint density at radius 2 is 1.85 bits per heavy atom. The van der Waals surface area contributed by atoms with Gasteiger partial charge in [-0.25, -0.2) is 0 Å². The summed E-state index contributed by atoms with van der Waals surface area (Å²) in [4.78, 5) is 14.6. The smallest absolute Gasteiger partial charge is 0.241 e. The van der Waals surface area contributed by atoms with Gasteiger partial charge in [0.2, 0.25) is 5.91 Å². The Kier molecular flexibility index (Phi) is 5.15. The molecular weight excluding hydrogens is 250 g/mol. The average Bonchev–Trinajstić information content (AvgIpc) is 2.47. The van der Waals surface area contributed by atoms with E-state index in [1.54, 1.807) is 0 Å². The van der Waals surface area contributed by atoms with Crippen LogP contribution in [-0.4, -0.2) is 43.0 Å². The molecule has 110 valence electrons. The number of rotatable bonds is 4. The van der Waals surface area contributed by atoms with Crippen LogP contribution in [0.2, 0.25) is 0 Å². The lowest BCUT2D eigenvalue weighted by Crippen LogP contribution is -2.51. The summed E-state index contributed by atoms with van der Waals surface area (Å²) in [6.45, 7) is 10.1. The highest BCUT2D eigenvalue weighted by Gasteiger charge is 2.23. The van der Waals surface area contributed by atoms with Crippen molar-refractivity contribution < 1.29 is 4.79 Å². The van der Waals surface area contributed by atoms with Crippen LogP contribution < -0.4 is 10.6 Å². The van der Waals surface area contributed by atoms with Gasteiger partial charge in [0, 0.05) is 31.9 Å². The molecule has 1 amide bonds. The van der Waals surface area contributed by atoms with Gasteiger partial charge in [0.15, 0.2) is 0 Å². The summed E-state index contributed by atoms with van der Waals surface area (Å²) in [5.74, 6) is 0.487. The van der Waals surface area contributed by atoms with Gasteiger partial charge >= 0.3 is 0 Å².